The molecule has 0 fully saturated rings. The first-order chi connectivity index (χ1) is 8.52. The van der Waals surface area contributed by atoms with E-state index in [1.165, 1.54) is 6.07 Å². The van der Waals surface area contributed by atoms with E-state index in [2.05, 4.69) is 13.8 Å². The molecule has 2 N–H and O–H groups in total. The van der Waals surface area contributed by atoms with Gasteiger partial charge in [0.25, 0.3) is 0 Å². The summed E-state index contributed by atoms with van der Waals surface area (Å²) in [6, 6.07) is 4.52. The zero-order chi connectivity index (χ0) is 13.5. The summed E-state index contributed by atoms with van der Waals surface area (Å²) in [5, 5.41) is 0. The fraction of sp³-hybridized carbons (Fsp3) is 0.571. The molecule has 4 heteroatoms. The van der Waals surface area contributed by atoms with E-state index in [4.69, 9.17) is 15.2 Å². The molecule has 1 aromatic rings. The van der Waals surface area contributed by atoms with Crippen LogP contribution in [0, 0.1) is 11.7 Å². The second-order valence-corrected chi connectivity index (χ2v) is 4.76. The number of ether oxygens (including phenoxy) is 2. The lowest BCUT2D eigenvalue weighted by atomic mass is 10.1. The first-order valence-electron chi connectivity index (χ1n) is 6.27. The number of para-hydroxylation sites is 1. The number of halogens is 1. The molecule has 0 bridgehead atoms. The van der Waals surface area contributed by atoms with Crippen molar-refractivity contribution in [1.82, 2.24) is 0 Å². The van der Waals surface area contributed by atoms with Gasteiger partial charge in [0, 0.05) is 18.2 Å². The molecule has 18 heavy (non-hydrogen) atoms. The van der Waals surface area contributed by atoms with Gasteiger partial charge in [-0.1, -0.05) is 26.0 Å². The van der Waals surface area contributed by atoms with E-state index in [1.807, 2.05) is 0 Å². The molecular weight excluding hydrogens is 233 g/mol. The minimum Gasteiger partial charge on any atom is -0.488 e. The van der Waals surface area contributed by atoms with Crippen LogP contribution < -0.4 is 10.5 Å². The van der Waals surface area contributed by atoms with Crippen LogP contribution in [0.25, 0.3) is 0 Å². The van der Waals surface area contributed by atoms with Gasteiger partial charge in [-0.3, -0.25) is 0 Å². The van der Waals surface area contributed by atoms with Crippen LogP contribution in [0.2, 0.25) is 0 Å². The second kappa shape index (κ2) is 7.34. The van der Waals surface area contributed by atoms with Crippen molar-refractivity contribution in [2.75, 3.05) is 19.8 Å². The largest absolute Gasteiger partial charge is 0.488 e. The summed E-state index contributed by atoms with van der Waals surface area (Å²) in [7, 11) is 0. The molecule has 0 saturated carbocycles. The Labute approximate surface area is 108 Å². The van der Waals surface area contributed by atoms with E-state index in [0.717, 1.165) is 0 Å². The molecular formula is C14H22FNO2. The fourth-order valence-corrected chi connectivity index (χ4v) is 1.56. The van der Waals surface area contributed by atoms with Gasteiger partial charge in [-0.25, -0.2) is 4.39 Å². The zero-order valence-corrected chi connectivity index (χ0v) is 11.3. The molecule has 0 aromatic heterocycles. The van der Waals surface area contributed by atoms with Crippen molar-refractivity contribution in [1.29, 1.82) is 0 Å². The van der Waals surface area contributed by atoms with Gasteiger partial charge in [0.05, 0.1) is 6.61 Å². The summed E-state index contributed by atoms with van der Waals surface area (Å²) in [6.07, 6.45) is 0. The van der Waals surface area contributed by atoms with Gasteiger partial charge in [0.15, 0.2) is 11.6 Å². The third-order valence-electron chi connectivity index (χ3n) is 2.41. The third kappa shape index (κ3) is 4.63. The lowest BCUT2D eigenvalue weighted by Crippen LogP contribution is -2.14. The van der Waals surface area contributed by atoms with Gasteiger partial charge >= 0.3 is 0 Å². The Bertz CT molecular complexity index is 367. The summed E-state index contributed by atoms with van der Waals surface area (Å²) in [4.78, 5) is 0. The van der Waals surface area contributed by atoms with E-state index >= 15 is 0 Å². The average molecular weight is 255 g/mol. The van der Waals surface area contributed by atoms with E-state index in [-0.39, 0.29) is 17.6 Å². The maximum Gasteiger partial charge on any atom is 0.165 e. The monoisotopic (exact) mass is 255 g/mol. The van der Waals surface area contributed by atoms with Crippen LogP contribution in [-0.2, 0) is 4.74 Å². The van der Waals surface area contributed by atoms with Crippen LogP contribution in [0.3, 0.4) is 0 Å². The van der Waals surface area contributed by atoms with Gasteiger partial charge in [-0.05, 0) is 18.9 Å². The summed E-state index contributed by atoms with van der Waals surface area (Å²) < 4.78 is 24.4. The van der Waals surface area contributed by atoms with Crippen LogP contribution in [0.4, 0.5) is 4.39 Å². The molecule has 0 aliphatic carbocycles. The van der Waals surface area contributed by atoms with Gasteiger partial charge in [0.2, 0.25) is 0 Å². The van der Waals surface area contributed by atoms with Crippen LogP contribution in [0.1, 0.15) is 32.4 Å². The van der Waals surface area contributed by atoms with Crippen molar-refractivity contribution in [2.24, 2.45) is 11.7 Å². The number of nitrogens with two attached hydrogens (primary N) is 1. The number of benzene rings is 1. The van der Waals surface area contributed by atoms with Gasteiger partial charge in [0.1, 0.15) is 6.61 Å². The Morgan fingerprint density at radius 1 is 1.22 bits per heavy atom. The molecule has 102 valence electrons. The van der Waals surface area contributed by atoms with E-state index in [9.17, 15) is 4.39 Å². The van der Waals surface area contributed by atoms with E-state index in [0.29, 0.717) is 31.3 Å². The summed E-state index contributed by atoms with van der Waals surface area (Å²) in [5.74, 6) is 0.340. The molecule has 0 unspecified atom stereocenters. The number of hydrogen-bond acceptors (Lipinski definition) is 3. The van der Waals surface area contributed by atoms with Gasteiger partial charge in [-0.15, -0.1) is 0 Å². The Kier molecular flexibility index (Phi) is 6.09. The molecule has 3 nitrogen and oxygen atoms in total. The predicted molar refractivity (Wildman–Crippen MR) is 70.2 cm³/mol. The van der Waals surface area contributed by atoms with Crippen molar-refractivity contribution in [3.63, 3.8) is 0 Å². The fourth-order valence-electron chi connectivity index (χ4n) is 1.56. The number of rotatable bonds is 7. The lowest BCUT2D eigenvalue weighted by Gasteiger charge is -2.15. The maximum absolute atomic E-state index is 13.6. The predicted octanol–water partition coefficient (Wildman–Crippen LogP) is 2.90. The van der Waals surface area contributed by atoms with Crippen molar-refractivity contribution in [2.45, 2.75) is 26.8 Å². The second-order valence-electron chi connectivity index (χ2n) is 4.76. The Balaban J connectivity index is 2.51. The van der Waals surface area contributed by atoms with Gasteiger partial charge < -0.3 is 15.2 Å². The normalized spacial score (nSPS) is 12.8. The van der Waals surface area contributed by atoms with Crippen LogP contribution >= 0.6 is 0 Å². The quantitative estimate of drug-likeness (QED) is 0.762. The maximum atomic E-state index is 13.6. The molecule has 0 saturated heterocycles. The number of hydrogen-bond donors (Lipinski definition) is 1. The molecule has 0 amide bonds. The summed E-state index contributed by atoms with van der Waals surface area (Å²) in [6.45, 7) is 7.41. The average Bonchev–Trinajstić information content (AvgIpc) is 2.29. The summed E-state index contributed by atoms with van der Waals surface area (Å²) in [5.41, 5.74) is 6.46. The Morgan fingerprint density at radius 2 is 1.94 bits per heavy atom. The molecule has 0 radical (unpaired) electrons. The van der Waals surface area contributed by atoms with Crippen molar-refractivity contribution in [3.05, 3.63) is 29.6 Å². The smallest absolute Gasteiger partial charge is 0.165 e. The molecule has 0 aliphatic heterocycles. The molecule has 1 aromatic carbocycles. The highest BCUT2D eigenvalue weighted by atomic mass is 19.1. The SMILES string of the molecule is CC(C)COCCOc1c(F)cccc1[C@@H](C)N. The minimum absolute atomic E-state index is 0.237. The van der Waals surface area contributed by atoms with Gasteiger partial charge in [-0.2, -0.15) is 0 Å². The standard InChI is InChI=1S/C14H22FNO2/c1-10(2)9-17-7-8-18-14-12(11(3)16)5-4-6-13(14)15/h4-6,10-11H,7-9,16H2,1-3H3/t11-/m1/s1. The highest BCUT2D eigenvalue weighted by Gasteiger charge is 2.12. The third-order valence-corrected chi connectivity index (χ3v) is 2.41. The van der Waals surface area contributed by atoms with E-state index in [1.54, 1.807) is 19.1 Å². The molecule has 0 spiro atoms. The topological polar surface area (TPSA) is 44.5 Å². The zero-order valence-electron chi connectivity index (χ0n) is 11.3. The minimum atomic E-state index is -0.381. The van der Waals surface area contributed by atoms with Crippen molar-refractivity contribution >= 4 is 0 Å². The van der Waals surface area contributed by atoms with Crippen LogP contribution in [-0.4, -0.2) is 19.8 Å². The highest BCUT2D eigenvalue weighted by Crippen LogP contribution is 2.26. The van der Waals surface area contributed by atoms with Crippen LogP contribution in [0.15, 0.2) is 18.2 Å². The molecule has 1 rings (SSSR count). The van der Waals surface area contributed by atoms with Crippen LogP contribution in [0.5, 0.6) is 5.75 Å². The van der Waals surface area contributed by atoms with Crippen molar-refractivity contribution in [3.8, 4) is 5.75 Å². The molecule has 1 atom stereocenters. The first kappa shape index (κ1) is 14.9. The molecule has 0 aliphatic rings. The molecule has 0 heterocycles. The van der Waals surface area contributed by atoms with E-state index < -0.39 is 0 Å². The first-order valence-corrected chi connectivity index (χ1v) is 6.27. The lowest BCUT2D eigenvalue weighted by molar-refractivity contribution is 0.0804. The Morgan fingerprint density at radius 3 is 2.56 bits per heavy atom. The highest BCUT2D eigenvalue weighted by molar-refractivity contribution is 5.36. The summed E-state index contributed by atoms with van der Waals surface area (Å²) >= 11 is 0. The Hall–Kier alpha value is -1.13. The van der Waals surface area contributed by atoms with Crippen molar-refractivity contribution < 1.29 is 13.9 Å².